The van der Waals surface area contributed by atoms with E-state index in [9.17, 15) is 24.6 Å². The molecule has 5 rings (SSSR count). The lowest BCUT2D eigenvalue weighted by atomic mass is 9.73. The molecule has 0 spiro atoms. The number of nitrogen functional groups attached to an aromatic ring is 1. The van der Waals surface area contributed by atoms with E-state index >= 15 is 0 Å². The van der Waals surface area contributed by atoms with E-state index in [2.05, 4.69) is 20.3 Å². The van der Waals surface area contributed by atoms with Crippen molar-refractivity contribution >= 4 is 35.0 Å². The molecule has 0 aliphatic carbocycles. The number of nitrogens with two attached hydrogens (primary N) is 1. The molecule has 3 aliphatic heterocycles. The highest BCUT2D eigenvalue weighted by Crippen LogP contribution is 2.40. The summed E-state index contributed by atoms with van der Waals surface area (Å²) in [6.07, 6.45) is -3.64. The minimum atomic E-state index is -1.87. The summed E-state index contributed by atoms with van der Waals surface area (Å²) < 4.78 is 37.4. The summed E-state index contributed by atoms with van der Waals surface area (Å²) in [6.45, 7) is 14.6. The van der Waals surface area contributed by atoms with Gasteiger partial charge in [-0.25, -0.2) is 4.99 Å². The molecule has 1 amide bonds. The number of hydrogen-bond acceptors (Lipinski definition) is 17. The normalized spacial score (nSPS) is 37.2. The van der Waals surface area contributed by atoms with Crippen LogP contribution in [0.5, 0.6) is 0 Å². The van der Waals surface area contributed by atoms with E-state index in [1.165, 1.54) is 20.8 Å². The Morgan fingerprint density at radius 1 is 1.08 bits per heavy atom. The predicted molar refractivity (Wildman–Crippen MR) is 223 cm³/mol. The van der Waals surface area contributed by atoms with E-state index in [1.54, 1.807) is 52.1 Å². The van der Waals surface area contributed by atoms with Crippen LogP contribution in [-0.4, -0.2) is 136 Å². The van der Waals surface area contributed by atoms with Crippen molar-refractivity contribution in [2.45, 2.75) is 142 Å². The monoisotopic (exact) mass is 856 g/mol. The molecule has 2 aromatic rings. The standard InChI is InChI=1S/C43H64N6O12/c1-12-33-43(9,54)39-24(4)35(46-27(7)50)22(2)17-42(8,56-21-29(20-55-39)47-57-19-28-13-14-30(45-18-28)31-16-34(44)61-48-31)38(25(5)36(51)26(6)40(53)59-33)60-41-37(52)32(49(10)11)15-23(3)58-41/h13-14,16,18,22-26,32-33,37-39,41,52,54H,12,15,17,19-21,44H2,1-11H3/b46-35?,47-29+/t22-,23-,24+,25+,26-,32+,33-,37-,38-,39+,41+,42-,43-/m1/s1. The topological polar surface area (TPSA) is 240 Å². The number of oxime groups is 1. The zero-order valence-corrected chi connectivity index (χ0v) is 37.2. The van der Waals surface area contributed by atoms with Crippen molar-refractivity contribution < 1.29 is 57.6 Å². The molecule has 61 heavy (non-hydrogen) atoms. The summed E-state index contributed by atoms with van der Waals surface area (Å²) in [5, 5.41) is 32.4. The van der Waals surface area contributed by atoms with Crippen LogP contribution in [-0.2, 0) is 49.5 Å². The fraction of sp³-hybridized carbons (Fsp3) is 0.698. The molecule has 2 bridgehead atoms. The fourth-order valence-corrected chi connectivity index (χ4v) is 8.88. The van der Waals surface area contributed by atoms with Gasteiger partial charge in [-0.1, -0.05) is 44.1 Å². The summed E-state index contributed by atoms with van der Waals surface area (Å²) in [4.78, 5) is 57.9. The second kappa shape index (κ2) is 19.9. The molecule has 18 heteroatoms. The molecule has 2 aromatic heterocycles. The number of carbonyl (C=O) groups excluding carboxylic acids is 3. The number of aromatic nitrogens is 2. The van der Waals surface area contributed by atoms with Crippen molar-refractivity contribution in [2.24, 2.45) is 33.8 Å². The van der Waals surface area contributed by atoms with Gasteiger partial charge in [-0.05, 0) is 73.0 Å². The van der Waals surface area contributed by atoms with Crippen molar-refractivity contribution in [2.75, 3.05) is 33.0 Å². The lowest BCUT2D eigenvalue weighted by molar-refractivity contribution is -0.296. The fourth-order valence-electron chi connectivity index (χ4n) is 8.88. The Bertz CT molecular complexity index is 1900. The molecular weight excluding hydrogens is 793 g/mol. The number of Topliss-reactive ketones (excluding diaryl/α,β-unsaturated/α-hetero) is 1. The highest BCUT2D eigenvalue weighted by Gasteiger charge is 2.53. The van der Waals surface area contributed by atoms with Crippen LogP contribution in [0.2, 0.25) is 0 Å². The first-order valence-electron chi connectivity index (χ1n) is 21.0. The number of ether oxygens (including phenoxy) is 5. The number of amides is 1. The molecule has 3 saturated heterocycles. The van der Waals surface area contributed by atoms with Crippen LogP contribution in [0, 0.1) is 23.7 Å². The molecule has 0 unspecified atom stereocenters. The van der Waals surface area contributed by atoms with Crippen LogP contribution in [0.15, 0.2) is 39.1 Å². The Labute approximate surface area is 357 Å². The molecule has 5 heterocycles. The zero-order chi connectivity index (χ0) is 45.0. The largest absolute Gasteiger partial charge is 0.459 e. The van der Waals surface area contributed by atoms with E-state index in [1.807, 2.05) is 32.8 Å². The van der Waals surface area contributed by atoms with Crippen LogP contribution >= 0.6 is 0 Å². The van der Waals surface area contributed by atoms with Gasteiger partial charge in [-0.2, -0.15) is 0 Å². The zero-order valence-electron chi connectivity index (χ0n) is 37.2. The van der Waals surface area contributed by atoms with Gasteiger partial charge in [0.1, 0.15) is 41.7 Å². The minimum absolute atomic E-state index is 0.00412. The van der Waals surface area contributed by atoms with E-state index in [-0.39, 0.29) is 56.4 Å². The Hall–Kier alpha value is -4.17. The number of nitrogens with zero attached hydrogens (tertiary/aromatic N) is 5. The number of esters is 1. The van der Waals surface area contributed by atoms with Gasteiger partial charge in [0.15, 0.2) is 12.1 Å². The summed E-state index contributed by atoms with van der Waals surface area (Å²) in [7, 11) is 3.72. The lowest BCUT2D eigenvalue weighted by Crippen LogP contribution is -2.60. The number of cyclic esters (lactones) is 1. The quantitative estimate of drug-likeness (QED) is 0.195. The minimum Gasteiger partial charge on any atom is -0.459 e. The second-order valence-electron chi connectivity index (χ2n) is 17.5. The van der Waals surface area contributed by atoms with Crippen LogP contribution in [0.25, 0.3) is 11.4 Å². The SMILES string of the molecule is CC[C@H]1OC(=O)[C@H](C)C(=O)[C@H](C)[C@@H](O[C@@H]2O[C@H](C)C[C@H](N(C)C)[C@H]2O)[C@@]2(C)C[C@@H](C)C(=NC(C)=O)[C@H](C)[C@H](OC/C(=N\OCc3ccc(-c4cc(N)on4)nc3)CO2)[C@]1(C)O. The average Bonchev–Trinajstić information content (AvgIpc) is 3.64. The van der Waals surface area contributed by atoms with Crippen molar-refractivity contribution in [3.8, 4) is 11.4 Å². The van der Waals surface area contributed by atoms with Gasteiger partial charge in [0, 0.05) is 48.3 Å². The number of fused-ring (bicyclic) bond motifs is 5. The van der Waals surface area contributed by atoms with Crippen molar-refractivity contribution in [1.82, 2.24) is 15.0 Å². The third kappa shape index (κ3) is 11.1. The van der Waals surface area contributed by atoms with E-state index in [0.29, 0.717) is 29.1 Å². The highest BCUT2D eigenvalue weighted by atomic mass is 16.7. The first kappa shape index (κ1) is 47.9. The number of hydrogen-bond donors (Lipinski definition) is 3. The maximum atomic E-state index is 14.5. The van der Waals surface area contributed by atoms with Gasteiger partial charge >= 0.3 is 5.97 Å². The van der Waals surface area contributed by atoms with Gasteiger partial charge in [0.25, 0.3) is 0 Å². The number of likely N-dealkylation sites (N-methyl/N-ethyl adjacent to an activating group) is 1. The number of ketones is 1. The number of aliphatic hydroxyl groups is 2. The number of anilines is 1. The molecule has 18 nitrogen and oxygen atoms in total. The maximum Gasteiger partial charge on any atom is 0.316 e. The van der Waals surface area contributed by atoms with E-state index < -0.39 is 83.2 Å². The molecule has 0 saturated carbocycles. The Balaban J connectivity index is 1.63. The Kier molecular flexibility index (Phi) is 15.6. The summed E-state index contributed by atoms with van der Waals surface area (Å²) in [6, 6.07) is 4.76. The first-order valence-corrected chi connectivity index (χ1v) is 21.0. The van der Waals surface area contributed by atoms with Gasteiger partial charge in [-0.3, -0.25) is 19.4 Å². The van der Waals surface area contributed by atoms with Crippen LogP contribution in [0.1, 0.15) is 87.1 Å². The summed E-state index contributed by atoms with van der Waals surface area (Å²) in [5.41, 5.74) is 4.75. The summed E-state index contributed by atoms with van der Waals surface area (Å²) >= 11 is 0. The smallest absolute Gasteiger partial charge is 0.316 e. The lowest BCUT2D eigenvalue weighted by Gasteiger charge is -2.47. The number of aliphatic imine (C=N–C) groups is 1. The second-order valence-corrected chi connectivity index (χ2v) is 17.5. The molecule has 0 radical (unpaired) electrons. The van der Waals surface area contributed by atoms with E-state index in [0.717, 1.165) is 0 Å². The van der Waals surface area contributed by atoms with Gasteiger partial charge in [0.2, 0.25) is 11.8 Å². The highest BCUT2D eigenvalue weighted by molar-refractivity contribution is 6.00. The number of carbonyl (C=O) groups is 3. The Morgan fingerprint density at radius 3 is 2.41 bits per heavy atom. The molecule has 3 aliphatic rings. The van der Waals surface area contributed by atoms with Crippen molar-refractivity contribution in [3.63, 3.8) is 0 Å². The van der Waals surface area contributed by atoms with Crippen molar-refractivity contribution in [1.29, 1.82) is 0 Å². The average molecular weight is 857 g/mol. The maximum absolute atomic E-state index is 14.5. The third-order valence-electron chi connectivity index (χ3n) is 12.2. The molecule has 3 fully saturated rings. The first-order chi connectivity index (χ1) is 28.7. The Morgan fingerprint density at radius 2 is 1.80 bits per heavy atom. The van der Waals surface area contributed by atoms with Crippen molar-refractivity contribution in [3.05, 3.63) is 30.0 Å². The number of aliphatic hydroxyl groups excluding tert-OH is 1. The molecule has 4 N–H and O–H groups in total. The van der Waals surface area contributed by atoms with Gasteiger partial charge < -0.3 is 53.9 Å². The predicted octanol–water partition coefficient (Wildman–Crippen LogP) is 3.75. The molecular formula is C43H64N6O12. The molecule has 13 atom stereocenters. The van der Waals surface area contributed by atoms with Crippen LogP contribution in [0.4, 0.5) is 5.88 Å². The number of pyridine rings is 1. The van der Waals surface area contributed by atoms with Gasteiger partial charge in [0.05, 0.1) is 42.8 Å². The molecule has 338 valence electrons. The van der Waals surface area contributed by atoms with E-state index in [4.69, 9.17) is 38.8 Å². The van der Waals surface area contributed by atoms with Crippen LogP contribution < -0.4 is 5.73 Å². The summed E-state index contributed by atoms with van der Waals surface area (Å²) in [5.74, 6) is -5.25. The third-order valence-corrected chi connectivity index (χ3v) is 12.2. The number of rotatable bonds is 8. The van der Waals surface area contributed by atoms with Crippen LogP contribution in [0.3, 0.4) is 0 Å². The molecule has 0 aromatic carbocycles. The van der Waals surface area contributed by atoms with Gasteiger partial charge in [-0.15, -0.1) is 0 Å².